The van der Waals surface area contributed by atoms with Crippen molar-refractivity contribution in [1.29, 1.82) is 0 Å². The molecule has 17 heavy (non-hydrogen) atoms. The van der Waals surface area contributed by atoms with Crippen molar-refractivity contribution >= 4 is 11.8 Å². The van der Waals surface area contributed by atoms with Gasteiger partial charge in [0.15, 0.2) is 0 Å². The molecule has 0 aromatic heterocycles. The van der Waals surface area contributed by atoms with E-state index in [9.17, 15) is 0 Å². The predicted molar refractivity (Wildman–Crippen MR) is 77.8 cm³/mol. The van der Waals surface area contributed by atoms with E-state index in [1.807, 2.05) is 0 Å². The van der Waals surface area contributed by atoms with E-state index in [2.05, 4.69) is 35.8 Å². The number of hydrogen-bond acceptors (Lipinski definition) is 3. The van der Waals surface area contributed by atoms with Crippen LogP contribution in [0.4, 0.5) is 0 Å². The molecule has 100 valence electrons. The summed E-state index contributed by atoms with van der Waals surface area (Å²) in [6.45, 7) is 8.52. The lowest BCUT2D eigenvalue weighted by Gasteiger charge is -2.36. The zero-order chi connectivity index (χ0) is 12.1. The Morgan fingerprint density at radius 3 is 3.00 bits per heavy atom. The molecule has 0 radical (unpaired) electrons. The summed E-state index contributed by atoms with van der Waals surface area (Å²) in [5.74, 6) is 3.57. The Morgan fingerprint density at radius 1 is 1.41 bits per heavy atom. The van der Waals surface area contributed by atoms with E-state index >= 15 is 0 Å². The van der Waals surface area contributed by atoms with Crippen molar-refractivity contribution in [1.82, 2.24) is 10.2 Å². The summed E-state index contributed by atoms with van der Waals surface area (Å²) in [6, 6.07) is 1.58. The second-order valence-corrected chi connectivity index (χ2v) is 6.82. The summed E-state index contributed by atoms with van der Waals surface area (Å²) in [5, 5.41) is 3.75. The molecule has 1 N–H and O–H groups in total. The highest BCUT2D eigenvalue weighted by atomic mass is 32.2. The van der Waals surface area contributed by atoms with Gasteiger partial charge in [-0.25, -0.2) is 0 Å². The number of rotatable bonds is 3. The Bertz CT molecular complexity index is 216. The van der Waals surface area contributed by atoms with Crippen molar-refractivity contribution in [3.8, 4) is 0 Å². The summed E-state index contributed by atoms with van der Waals surface area (Å²) < 4.78 is 0. The van der Waals surface area contributed by atoms with Crippen LogP contribution >= 0.6 is 11.8 Å². The van der Waals surface area contributed by atoms with Crippen LogP contribution in [0, 0.1) is 5.92 Å². The summed E-state index contributed by atoms with van der Waals surface area (Å²) in [6.07, 6.45) is 5.48. The molecule has 0 aromatic carbocycles. The molecule has 0 saturated carbocycles. The molecule has 2 nitrogen and oxygen atoms in total. The third kappa shape index (κ3) is 3.87. The lowest BCUT2D eigenvalue weighted by Crippen LogP contribution is -2.47. The third-order valence-corrected chi connectivity index (χ3v) is 5.64. The first-order valence-corrected chi connectivity index (χ1v) is 8.52. The molecular weight excluding hydrogens is 228 g/mol. The van der Waals surface area contributed by atoms with Gasteiger partial charge in [0.2, 0.25) is 0 Å². The Labute approximate surface area is 111 Å². The minimum absolute atomic E-state index is 0.717. The van der Waals surface area contributed by atoms with Gasteiger partial charge in [0.05, 0.1) is 0 Å². The summed E-state index contributed by atoms with van der Waals surface area (Å²) >= 11 is 2.16. The lowest BCUT2D eigenvalue weighted by molar-refractivity contribution is 0.180. The van der Waals surface area contributed by atoms with Crippen LogP contribution < -0.4 is 5.32 Å². The Balaban J connectivity index is 1.91. The lowest BCUT2D eigenvalue weighted by atomic mass is 9.98. The van der Waals surface area contributed by atoms with E-state index in [0.717, 1.165) is 18.0 Å². The first kappa shape index (κ1) is 13.7. The van der Waals surface area contributed by atoms with Gasteiger partial charge in [-0.3, -0.25) is 4.90 Å². The molecule has 2 rings (SSSR count). The summed E-state index contributed by atoms with van der Waals surface area (Å²) in [5.41, 5.74) is 0. The van der Waals surface area contributed by atoms with Crippen LogP contribution in [0.15, 0.2) is 0 Å². The van der Waals surface area contributed by atoms with Crippen LogP contribution in [0.5, 0.6) is 0 Å². The number of thioether (sulfide) groups is 1. The maximum Gasteiger partial charge on any atom is 0.0220 e. The van der Waals surface area contributed by atoms with Crippen molar-refractivity contribution < 1.29 is 0 Å². The smallest absolute Gasteiger partial charge is 0.0220 e. The summed E-state index contributed by atoms with van der Waals surface area (Å²) in [7, 11) is 0. The quantitative estimate of drug-likeness (QED) is 0.835. The zero-order valence-corrected chi connectivity index (χ0v) is 12.3. The fourth-order valence-corrected chi connectivity index (χ4v) is 4.17. The first-order chi connectivity index (χ1) is 8.31. The second kappa shape index (κ2) is 7.01. The largest absolute Gasteiger partial charge is 0.312 e. The molecule has 2 heterocycles. The van der Waals surface area contributed by atoms with Gasteiger partial charge in [-0.05, 0) is 44.0 Å². The fourth-order valence-electron chi connectivity index (χ4n) is 2.99. The van der Waals surface area contributed by atoms with E-state index in [1.54, 1.807) is 0 Å². The normalized spacial score (nSPS) is 34.2. The Morgan fingerprint density at radius 2 is 2.29 bits per heavy atom. The molecule has 3 unspecified atom stereocenters. The van der Waals surface area contributed by atoms with Crippen molar-refractivity contribution in [2.45, 2.75) is 51.6 Å². The van der Waals surface area contributed by atoms with Gasteiger partial charge in [0.25, 0.3) is 0 Å². The Kier molecular flexibility index (Phi) is 5.64. The molecule has 2 fully saturated rings. The average molecular weight is 256 g/mol. The number of nitrogens with zero attached hydrogens (tertiary/aromatic N) is 1. The molecule has 3 heteroatoms. The molecule has 3 atom stereocenters. The SMILES string of the molecule is CCC(C)C1CN(C2CCCSC2)CCCN1. The highest BCUT2D eigenvalue weighted by Crippen LogP contribution is 2.23. The van der Waals surface area contributed by atoms with Crippen molar-refractivity contribution in [3.05, 3.63) is 0 Å². The zero-order valence-electron chi connectivity index (χ0n) is 11.5. The maximum atomic E-state index is 3.75. The molecule has 0 aliphatic carbocycles. The number of hydrogen-bond donors (Lipinski definition) is 1. The number of nitrogens with one attached hydrogen (secondary N) is 1. The van der Waals surface area contributed by atoms with Crippen LogP contribution in [0.3, 0.4) is 0 Å². The molecule has 2 saturated heterocycles. The molecular formula is C14H28N2S. The predicted octanol–water partition coefficient (Wildman–Crippen LogP) is 2.59. The van der Waals surface area contributed by atoms with E-state index in [-0.39, 0.29) is 0 Å². The minimum Gasteiger partial charge on any atom is -0.312 e. The molecule has 0 bridgehead atoms. The molecule has 2 aliphatic rings. The van der Waals surface area contributed by atoms with Gasteiger partial charge < -0.3 is 5.32 Å². The minimum atomic E-state index is 0.717. The van der Waals surface area contributed by atoms with Gasteiger partial charge in [0.1, 0.15) is 0 Å². The summed E-state index contributed by atoms with van der Waals surface area (Å²) in [4.78, 5) is 2.78. The topological polar surface area (TPSA) is 15.3 Å². The van der Waals surface area contributed by atoms with Crippen LogP contribution in [0.2, 0.25) is 0 Å². The second-order valence-electron chi connectivity index (χ2n) is 5.67. The molecule has 0 aromatic rings. The van der Waals surface area contributed by atoms with E-state index in [1.165, 1.54) is 56.8 Å². The molecule has 0 amide bonds. The van der Waals surface area contributed by atoms with Crippen LogP contribution in [-0.4, -0.2) is 48.1 Å². The highest BCUT2D eigenvalue weighted by Gasteiger charge is 2.27. The van der Waals surface area contributed by atoms with E-state index < -0.39 is 0 Å². The van der Waals surface area contributed by atoms with Crippen molar-refractivity contribution in [2.75, 3.05) is 31.1 Å². The third-order valence-electron chi connectivity index (χ3n) is 4.44. The van der Waals surface area contributed by atoms with Crippen molar-refractivity contribution in [2.24, 2.45) is 5.92 Å². The average Bonchev–Trinajstić information content (AvgIpc) is 2.64. The van der Waals surface area contributed by atoms with Gasteiger partial charge in [-0.2, -0.15) is 11.8 Å². The maximum absolute atomic E-state index is 3.75. The fraction of sp³-hybridized carbons (Fsp3) is 1.00. The first-order valence-electron chi connectivity index (χ1n) is 7.36. The van der Waals surface area contributed by atoms with E-state index in [4.69, 9.17) is 0 Å². The van der Waals surface area contributed by atoms with Gasteiger partial charge >= 0.3 is 0 Å². The monoisotopic (exact) mass is 256 g/mol. The van der Waals surface area contributed by atoms with Crippen LogP contribution in [0.25, 0.3) is 0 Å². The van der Waals surface area contributed by atoms with Crippen LogP contribution in [0.1, 0.15) is 39.5 Å². The van der Waals surface area contributed by atoms with Gasteiger partial charge in [-0.15, -0.1) is 0 Å². The van der Waals surface area contributed by atoms with Crippen molar-refractivity contribution in [3.63, 3.8) is 0 Å². The van der Waals surface area contributed by atoms with Gasteiger partial charge in [-0.1, -0.05) is 20.3 Å². The highest BCUT2D eigenvalue weighted by molar-refractivity contribution is 7.99. The standard InChI is InChI=1S/C14H28N2S/c1-3-12(2)14-10-16(8-5-7-15-14)13-6-4-9-17-11-13/h12-15H,3-11H2,1-2H3. The molecule has 2 aliphatic heterocycles. The van der Waals surface area contributed by atoms with Gasteiger partial charge in [0, 0.05) is 24.4 Å². The Hall–Kier alpha value is 0.270. The van der Waals surface area contributed by atoms with Crippen LogP contribution in [-0.2, 0) is 0 Å². The molecule has 0 spiro atoms. The van der Waals surface area contributed by atoms with E-state index in [0.29, 0.717) is 0 Å².